The van der Waals surface area contributed by atoms with Crippen molar-refractivity contribution >= 4 is 5.91 Å². The maximum absolute atomic E-state index is 12.7. The van der Waals surface area contributed by atoms with Gasteiger partial charge in [-0.3, -0.25) is 4.79 Å². The van der Waals surface area contributed by atoms with Crippen LogP contribution in [0.1, 0.15) is 42.5 Å². The molecule has 0 fully saturated rings. The van der Waals surface area contributed by atoms with Gasteiger partial charge >= 0.3 is 0 Å². The highest BCUT2D eigenvalue weighted by Crippen LogP contribution is 2.52. The summed E-state index contributed by atoms with van der Waals surface area (Å²) in [6.07, 6.45) is 3.03. The summed E-state index contributed by atoms with van der Waals surface area (Å²) >= 11 is 0. The summed E-state index contributed by atoms with van der Waals surface area (Å²) < 4.78 is 5.41. The summed E-state index contributed by atoms with van der Waals surface area (Å²) in [7, 11) is 1.58. The molecule has 2 aliphatic rings. The van der Waals surface area contributed by atoms with Gasteiger partial charge in [0.25, 0.3) is 0 Å². The molecule has 1 aliphatic heterocycles. The standard InChI is InChI=1S/C21H23NO3/c1-3-6-18(23)22-10-9-14-12-17(25-2)21(24)20-15-8-5-4-7-13(15)11-16(22)19(14)20/h4-5,7-8,12,16,24H,3,6,9-11H2,1-2H3/t16-/m1/s1. The number of amides is 1. The Kier molecular flexibility index (Phi) is 3.91. The maximum Gasteiger partial charge on any atom is 0.223 e. The predicted octanol–water partition coefficient (Wildman–Crippen LogP) is 3.85. The van der Waals surface area contributed by atoms with Crippen molar-refractivity contribution < 1.29 is 14.6 Å². The molecule has 2 aromatic carbocycles. The van der Waals surface area contributed by atoms with Crippen molar-refractivity contribution in [3.05, 3.63) is 47.0 Å². The van der Waals surface area contributed by atoms with Crippen LogP contribution in [0.5, 0.6) is 11.5 Å². The molecule has 4 heteroatoms. The van der Waals surface area contributed by atoms with E-state index in [2.05, 4.69) is 6.07 Å². The lowest BCUT2D eigenvalue weighted by molar-refractivity contribution is -0.134. The SMILES string of the molecule is CCCC(=O)N1CCc2cc(OC)c(O)c3c2[C@H]1Cc1ccccc1-3. The predicted molar refractivity (Wildman–Crippen MR) is 96.9 cm³/mol. The first-order valence-corrected chi connectivity index (χ1v) is 8.96. The first kappa shape index (κ1) is 16.0. The van der Waals surface area contributed by atoms with Gasteiger partial charge < -0.3 is 14.7 Å². The molecule has 1 N–H and O–H groups in total. The number of carbonyl (C=O) groups excluding carboxylic acids is 1. The second-order valence-electron chi connectivity index (χ2n) is 6.84. The van der Waals surface area contributed by atoms with Crippen LogP contribution in [0, 0.1) is 0 Å². The Hall–Kier alpha value is -2.49. The fourth-order valence-corrected chi connectivity index (χ4v) is 4.30. The van der Waals surface area contributed by atoms with Crippen LogP contribution < -0.4 is 4.74 Å². The average Bonchev–Trinajstić information content (AvgIpc) is 2.63. The summed E-state index contributed by atoms with van der Waals surface area (Å²) in [4.78, 5) is 14.7. The minimum atomic E-state index is 0.00417. The monoisotopic (exact) mass is 337 g/mol. The fraction of sp³-hybridized carbons (Fsp3) is 0.381. The van der Waals surface area contributed by atoms with Crippen molar-refractivity contribution in [3.63, 3.8) is 0 Å². The molecule has 130 valence electrons. The molecule has 0 radical (unpaired) electrons. The van der Waals surface area contributed by atoms with E-state index >= 15 is 0 Å². The molecule has 0 aromatic heterocycles. The van der Waals surface area contributed by atoms with Crippen molar-refractivity contribution in [3.8, 4) is 22.6 Å². The van der Waals surface area contributed by atoms with Crippen molar-refractivity contribution in [2.45, 2.75) is 38.6 Å². The molecule has 1 heterocycles. The van der Waals surface area contributed by atoms with E-state index in [1.54, 1.807) is 7.11 Å². The Morgan fingerprint density at radius 2 is 2.12 bits per heavy atom. The number of hydrogen-bond donors (Lipinski definition) is 1. The van der Waals surface area contributed by atoms with E-state index in [1.807, 2.05) is 36.1 Å². The molecular weight excluding hydrogens is 314 g/mol. The van der Waals surface area contributed by atoms with E-state index in [1.165, 1.54) is 11.1 Å². The third-order valence-corrected chi connectivity index (χ3v) is 5.43. The lowest BCUT2D eigenvalue weighted by Crippen LogP contribution is -2.42. The van der Waals surface area contributed by atoms with Crippen molar-refractivity contribution in [1.82, 2.24) is 4.90 Å². The number of fused-ring (bicyclic) bond motifs is 2. The zero-order valence-corrected chi connectivity index (χ0v) is 14.7. The number of phenols is 1. The van der Waals surface area contributed by atoms with E-state index in [0.29, 0.717) is 12.2 Å². The molecular formula is C21H23NO3. The zero-order valence-electron chi connectivity index (χ0n) is 14.7. The van der Waals surface area contributed by atoms with Gasteiger partial charge in [-0.15, -0.1) is 0 Å². The average molecular weight is 337 g/mol. The minimum Gasteiger partial charge on any atom is -0.504 e. The highest BCUT2D eigenvalue weighted by atomic mass is 16.5. The Bertz CT molecular complexity index is 843. The second-order valence-corrected chi connectivity index (χ2v) is 6.84. The Labute approximate surface area is 148 Å². The first-order chi connectivity index (χ1) is 12.2. The van der Waals surface area contributed by atoms with Gasteiger partial charge in [0, 0.05) is 18.5 Å². The van der Waals surface area contributed by atoms with Gasteiger partial charge in [-0.2, -0.15) is 0 Å². The minimum absolute atomic E-state index is 0.00417. The molecule has 0 spiro atoms. The molecule has 4 rings (SSSR count). The highest BCUT2D eigenvalue weighted by Gasteiger charge is 2.38. The topological polar surface area (TPSA) is 49.8 Å². The van der Waals surface area contributed by atoms with Crippen LogP contribution in [0.15, 0.2) is 30.3 Å². The van der Waals surface area contributed by atoms with Crippen molar-refractivity contribution in [2.75, 3.05) is 13.7 Å². The number of phenolic OH excluding ortho intramolecular Hbond substituents is 1. The summed E-state index contributed by atoms with van der Waals surface area (Å²) in [5, 5.41) is 10.8. The molecule has 0 unspecified atom stereocenters. The number of aromatic hydroxyl groups is 1. The van der Waals surface area contributed by atoms with Crippen LogP contribution in [0.3, 0.4) is 0 Å². The Balaban J connectivity index is 1.94. The molecule has 1 amide bonds. The number of methoxy groups -OCH3 is 1. The summed E-state index contributed by atoms with van der Waals surface area (Å²) in [6, 6.07) is 10.1. The zero-order chi connectivity index (χ0) is 17.6. The van der Waals surface area contributed by atoms with Crippen LogP contribution >= 0.6 is 0 Å². The number of carbonyl (C=O) groups is 1. The first-order valence-electron chi connectivity index (χ1n) is 8.96. The van der Waals surface area contributed by atoms with Crippen molar-refractivity contribution in [1.29, 1.82) is 0 Å². The largest absolute Gasteiger partial charge is 0.504 e. The van der Waals surface area contributed by atoms with Gasteiger partial charge in [0.1, 0.15) is 0 Å². The van der Waals surface area contributed by atoms with Gasteiger partial charge in [-0.25, -0.2) is 0 Å². The molecule has 1 aliphatic carbocycles. The molecule has 25 heavy (non-hydrogen) atoms. The maximum atomic E-state index is 12.7. The van der Waals surface area contributed by atoms with E-state index in [0.717, 1.165) is 42.5 Å². The lowest BCUT2D eigenvalue weighted by atomic mass is 9.76. The lowest BCUT2D eigenvalue weighted by Gasteiger charge is -2.42. The molecule has 0 saturated heterocycles. The quantitative estimate of drug-likeness (QED) is 0.925. The van der Waals surface area contributed by atoms with Crippen LogP contribution in [0.4, 0.5) is 0 Å². The van der Waals surface area contributed by atoms with Gasteiger partial charge in [0.15, 0.2) is 11.5 Å². The smallest absolute Gasteiger partial charge is 0.223 e. The molecule has 0 saturated carbocycles. The third-order valence-electron chi connectivity index (χ3n) is 5.43. The third kappa shape index (κ3) is 2.39. The Morgan fingerprint density at radius 3 is 2.88 bits per heavy atom. The number of nitrogens with zero attached hydrogens (tertiary/aromatic N) is 1. The van der Waals surface area contributed by atoms with Gasteiger partial charge in [0.05, 0.1) is 13.2 Å². The number of hydrogen-bond acceptors (Lipinski definition) is 3. The number of benzene rings is 2. The molecule has 4 nitrogen and oxygen atoms in total. The fourth-order valence-electron chi connectivity index (χ4n) is 4.30. The second kappa shape index (κ2) is 6.10. The number of rotatable bonds is 3. The van der Waals surface area contributed by atoms with E-state index < -0.39 is 0 Å². The van der Waals surface area contributed by atoms with E-state index in [9.17, 15) is 9.90 Å². The molecule has 2 aromatic rings. The Morgan fingerprint density at radius 1 is 1.32 bits per heavy atom. The van der Waals surface area contributed by atoms with Crippen LogP contribution in [-0.2, 0) is 17.6 Å². The van der Waals surface area contributed by atoms with E-state index in [-0.39, 0.29) is 17.7 Å². The normalized spacial score (nSPS) is 17.7. The van der Waals surface area contributed by atoms with Gasteiger partial charge in [-0.05, 0) is 47.6 Å². The van der Waals surface area contributed by atoms with Crippen molar-refractivity contribution in [2.24, 2.45) is 0 Å². The summed E-state index contributed by atoms with van der Waals surface area (Å²) in [5.41, 5.74) is 5.36. The highest BCUT2D eigenvalue weighted by molar-refractivity contribution is 5.85. The van der Waals surface area contributed by atoms with Gasteiger partial charge in [0.2, 0.25) is 5.91 Å². The van der Waals surface area contributed by atoms with Crippen LogP contribution in [0.2, 0.25) is 0 Å². The molecule has 0 bridgehead atoms. The van der Waals surface area contributed by atoms with Crippen LogP contribution in [0.25, 0.3) is 11.1 Å². The van der Waals surface area contributed by atoms with Gasteiger partial charge in [-0.1, -0.05) is 31.2 Å². The summed E-state index contributed by atoms with van der Waals surface area (Å²) in [6.45, 7) is 2.76. The number of ether oxygens (including phenoxy) is 1. The summed E-state index contributed by atoms with van der Waals surface area (Å²) in [5.74, 6) is 0.902. The van der Waals surface area contributed by atoms with E-state index in [4.69, 9.17) is 4.74 Å². The van der Waals surface area contributed by atoms with Crippen LogP contribution in [-0.4, -0.2) is 29.6 Å². The molecule has 1 atom stereocenters.